The Kier molecular flexibility index (Phi) is 4.88. The molecule has 28 heavy (non-hydrogen) atoms. The Bertz CT molecular complexity index is 1160. The zero-order valence-electron chi connectivity index (χ0n) is 16.0. The van der Waals surface area contributed by atoms with Crippen LogP contribution in [0.15, 0.2) is 54.6 Å². The van der Waals surface area contributed by atoms with Gasteiger partial charge in [0.05, 0.1) is 12.0 Å². The molecule has 0 radical (unpaired) electrons. The molecule has 0 fully saturated rings. The monoisotopic (exact) mass is 391 g/mol. The number of hydrogen-bond donors (Lipinski definition) is 1. The predicted molar refractivity (Wildman–Crippen MR) is 114 cm³/mol. The molecule has 0 atom stereocenters. The van der Waals surface area contributed by atoms with Crippen molar-refractivity contribution in [1.82, 2.24) is 9.78 Å². The fourth-order valence-corrected chi connectivity index (χ4v) is 4.24. The molecule has 2 heterocycles. The molecule has 142 valence electrons. The van der Waals surface area contributed by atoms with E-state index in [1.807, 2.05) is 66.3 Å². The van der Waals surface area contributed by atoms with Gasteiger partial charge in [-0.1, -0.05) is 37.3 Å². The third-order valence-corrected chi connectivity index (χ3v) is 5.93. The molecule has 0 bridgehead atoms. The second-order valence-corrected chi connectivity index (χ2v) is 7.53. The van der Waals surface area contributed by atoms with Crippen LogP contribution in [-0.4, -0.2) is 22.8 Å². The number of aromatic nitrogens is 2. The molecule has 2 aromatic heterocycles. The van der Waals surface area contributed by atoms with Gasteiger partial charge in [0, 0.05) is 23.7 Å². The van der Waals surface area contributed by atoms with Crippen LogP contribution in [0.5, 0.6) is 5.75 Å². The van der Waals surface area contributed by atoms with Crippen LogP contribution >= 0.6 is 11.3 Å². The SMILES string of the molecule is CCc1ccccc1NC(=O)c1cc2c(-c3cccc(OC)c3)nn(C)c2s1. The number of carbonyl (C=O) groups excluding carboxylic acids is 1. The van der Waals surface area contributed by atoms with Crippen molar-refractivity contribution in [2.75, 3.05) is 12.4 Å². The topological polar surface area (TPSA) is 56.1 Å². The zero-order chi connectivity index (χ0) is 19.7. The third-order valence-electron chi connectivity index (χ3n) is 4.72. The summed E-state index contributed by atoms with van der Waals surface area (Å²) in [5, 5.41) is 8.66. The minimum absolute atomic E-state index is 0.0984. The number of ether oxygens (including phenoxy) is 1. The van der Waals surface area contributed by atoms with Gasteiger partial charge < -0.3 is 10.1 Å². The first-order valence-electron chi connectivity index (χ1n) is 9.11. The van der Waals surface area contributed by atoms with E-state index in [1.54, 1.807) is 7.11 Å². The van der Waals surface area contributed by atoms with Gasteiger partial charge >= 0.3 is 0 Å². The molecule has 0 saturated heterocycles. The van der Waals surface area contributed by atoms with Gasteiger partial charge in [0.15, 0.2) is 0 Å². The van der Waals surface area contributed by atoms with E-state index in [4.69, 9.17) is 4.74 Å². The Labute approximate surface area is 167 Å². The maximum atomic E-state index is 12.9. The van der Waals surface area contributed by atoms with Gasteiger partial charge in [-0.05, 0) is 36.2 Å². The van der Waals surface area contributed by atoms with E-state index in [0.29, 0.717) is 4.88 Å². The first-order valence-corrected chi connectivity index (χ1v) is 9.92. The second-order valence-electron chi connectivity index (χ2n) is 6.50. The van der Waals surface area contributed by atoms with Crippen molar-refractivity contribution >= 4 is 33.1 Å². The Morgan fingerprint density at radius 1 is 1.18 bits per heavy atom. The average molecular weight is 391 g/mol. The Hall–Kier alpha value is -3.12. The highest BCUT2D eigenvalue weighted by molar-refractivity contribution is 7.20. The molecule has 0 saturated carbocycles. The molecule has 0 aliphatic rings. The van der Waals surface area contributed by atoms with Crippen molar-refractivity contribution in [1.29, 1.82) is 0 Å². The van der Waals surface area contributed by atoms with Crippen LogP contribution in [0.2, 0.25) is 0 Å². The van der Waals surface area contributed by atoms with Gasteiger partial charge in [-0.2, -0.15) is 5.10 Å². The van der Waals surface area contributed by atoms with Crippen LogP contribution in [-0.2, 0) is 13.5 Å². The molecule has 6 heteroatoms. The smallest absolute Gasteiger partial charge is 0.265 e. The van der Waals surface area contributed by atoms with E-state index in [1.165, 1.54) is 11.3 Å². The first-order chi connectivity index (χ1) is 13.6. The van der Waals surface area contributed by atoms with Crippen LogP contribution in [0.3, 0.4) is 0 Å². The second kappa shape index (κ2) is 7.48. The molecular weight excluding hydrogens is 370 g/mol. The van der Waals surface area contributed by atoms with Gasteiger partial charge in [-0.25, -0.2) is 0 Å². The summed E-state index contributed by atoms with van der Waals surface area (Å²) in [7, 11) is 3.55. The average Bonchev–Trinajstić information content (AvgIpc) is 3.29. The van der Waals surface area contributed by atoms with Crippen LogP contribution in [0.4, 0.5) is 5.69 Å². The number of para-hydroxylation sites is 1. The zero-order valence-corrected chi connectivity index (χ0v) is 16.8. The number of carbonyl (C=O) groups is 1. The van der Waals surface area contributed by atoms with Gasteiger partial charge in [0.2, 0.25) is 0 Å². The molecule has 0 spiro atoms. The number of amides is 1. The molecule has 2 aromatic carbocycles. The predicted octanol–water partition coefficient (Wildman–Crippen LogP) is 5.13. The van der Waals surface area contributed by atoms with Crippen LogP contribution in [0.1, 0.15) is 22.2 Å². The molecule has 4 rings (SSSR count). The lowest BCUT2D eigenvalue weighted by Gasteiger charge is -2.08. The summed E-state index contributed by atoms with van der Waals surface area (Å²) in [6.45, 7) is 2.08. The van der Waals surface area contributed by atoms with E-state index < -0.39 is 0 Å². The largest absolute Gasteiger partial charge is 0.497 e. The minimum Gasteiger partial charge on any atom is -0.497 e. The fourth-order valence-electron chi connectivity index (χ4n) is 3.27. The van der Waals surface area contributed by atoms with E-state index in [9.17, 15) is 4.79 Å². The number of nitrogens with one attached hydrogen (secondary N) is 1. The first kappa shape index (κ1) is 18.3. The minimum atomic E-state index is -0.0984. The normalized spacial score (nSPS) is 11.0. The van der Waals surface area contributed by atoms with Crippen LogP contribution in [0, 0.1) is 0 Å². The summed E-state index contributed by atoms with van der Waals surface area (Å²) >= 11 is 1.45. The highest BCUT2D eigenvalue weighted by Crippen LogP contribution is 2.35. The van der Waals surface area contributed by atoms with E-state index >= 15 is 0 Å². The molecule has 0 unspecified atom stereocenters. The number of rotatable bonds is 5. The number of benzene rings is 2. The maximum Gasteiger partial charge on any atom is 0.265 e. The lowest BCUT2D eigenvalue weighted by atomic mass is 10.1. The Balaban J connectivity index is 1.71. The summed E-state index contributed by atoms with van der Waals surface area (Å²) in [5.74, 6) is 0.680. The van der Waals surface area contributed by atoms with E-state index in [-0.39, 0.29) is 5.91 Å². The molecule has 1 N–H and O–H groups in total. The van der Waals surface area contributed by atoms with Crippen molar-refractivity contribution in [3.8, 4) is 17.0 Å². The number of aryl methyl sites for hydroxylation is 2. The number of fused-ring (bicyclic) bond motifs is 1. The van der Waals surface area contributed by atoms with Crippen molar-refractivity contribution in [2.24, 2.45) is 7.05 Å². The molecule has 0 aliphatic heterocycles. The Morgan fingerprint density at radius 3 is 2.79 bits per heavy atom. The molecule has 4 aromatic rings. The number of thiophene rings is 1. The lowest BCUT2D eigenvalue weighted by molar-refractivity contribution is 0.103. The van der Waals surface area contributed by atoms with Crippen LogP contribution in [0.25, 0.3) is 21.5 Å². The molecule has 0 aliphatic carbocycles. The van der Waals surface area contributed by atoms with E-state index in [0.717, 1.165) is 44.9 Å². The molecule has 1 amide bonds. The van der Waals surface area contributed by atoms with Crippen molar-refractivity contribution in [3.05, 3.63) is 65.0 Å². The molecular formula is C22H21N3O2S. The molecule has 5 nitrogen and oxygen atoms in total. The Morgan fingerprint density at radius 2 is 2.00 bits per heavy atom. The van der Waals surface area contributed by atoms with Crippen molar-refractivity contribution < 1.29 is 9.53 Å². The summed E-state index contributed by atoms with van der Waals surface area (Å²) < 4.78 is 7.16. The van der Waals surface area contributed by atoms with Gasteiger partial charge in [0.25, 0.3) is 5.91 Å². The highest BCUT2D eigenvalue weighted by atomic mass is 32.1. The van der Waals surface area contributed by atoms with Gasteiger partial charge in [0.1, 0.15) is 16.3 Å². The highest BCUT2D eigenvalue weighted by Gasteiger charge is 2.18. The number of anilines is 1. The van der Waals surface area contributed by atoms with Gasteiger partial charge in [-0.3, -0.25) is 9.48 Å². The van der Waals surface area contributed by atoms with Crippen molar-refractivity contribution in [2.45, 2.75) is 13.3 Å². The number of methoxy groups -OCH3 is 1. The van der Waals surface area contributed by atoms with Crippen LogP contribution < -0.4 is 10.1 Å². The summed E-state index contributed by atoms with van der Waals surface area (Å²) in [5.41, 5.74) is 3.79. The fraction of sp³-hybridized carbons (Fsp3) is 0.182. The quantitative estimate of drug-likeness (QED) is 0.513. The summed E-state index contributed by atoms with van der Waals surface area (Å²) in [6, 6.07) is 17.6. The van der Waals surface area contributed by atoms with Gasteiger partial charge in [-0.15, -0.1) is 11.3 Å². The standard InChI is InChI=1S/C22H21N3O2S/c1-4-14-8-5-6-11-18(14)23-21(26)19-13-17-20(24-25(2)22(17)28-19)15-9-7-10-16(12-15)27-3/h5-13H,4H2,1-3H3,(H,23,26). The third kappa shape index (κ3) is 3.27. The van der Waals surface area contributed by atoms with E-state index in [2.05, 4.69) is 17.3 Å². The summed E-state index contributed by atoms with van der Waals surface area (Å²) in [4.78, 5) is 14.5. The lowest BCUT2D eigenvalue weighted by Crippen LogP contribution is -2.11. The number of hydrogen-bond acceptors (Lipinski definition) is 4. The summed E-state index contributed by atoms with van der Waals surface area (Å²) in [6.07, 6.45) is 0.868. The number of nitrogens with zero attached hydrogens (tertiary/aromatic N) is 2. The van der Waals surface area contributed by atoms with Crippen molar-refractivity contribution in [3.63, 3.8) is 0 Å². The maximum absolute atomic E-state index is 12.9.